The molecule has 0 atom stereocenters. The Morgan fingerprint density at radius 3 is 2.67 bits per heavy atom. The maximum atomic E-state index is 5.72. The van der Waals surface area contributed by atoms with E-state index in [0.717, 1.165) is 22.3 Å². The van der Waals surface area contributed by atoms with Crippen LogP contribution in [0.1, 0.15) is 31.9 Å². The Balaban J connectivity index is 1.95. The molecule has 0 saturated heterocycles. The standard InChI is InChI=1S/C16H22BrN3O/c1-16(2,3)18-8-12-5-6-13(15(17)7-12)11-21-14-9-19-20(4)10-14/h5-7,9-10,18H,8,11H2,1-4H3. The van der Waals surface area contributed by atoms with Gasteiger partial charge in [0.15, 0.2) is 5.75 Å². The molecule has 114 valence electrons. The molecule has 0 aliphatic carbocycles. The van der Waals surface area contributed by atoms with E-state index in [4.69, 9.17) is 4.74 Å². The molecule has 1 aromatic heterocycles. The second-order valence-electron chi connectivity index (χ2n) is 6.17. The summed E-state index contributed by atoms with van der Waals surface area (Å²) in [7, 11) is 1.87. The quantitative estimate of drug-likeness (QED) is 0.893. The van der Waals surface area contributed by atoms with Crippen LogP contribution in [-0.2, 0) is 20.2 Å². The number of halogens is 1. The van der Waals surface area contributed by atoms with E-state index >= 15 is 0 Å². The Morgan fingerprint density at radius 2 is 2.10 bits per heavy atom. The summed E-state index contributed by atoms with van der Waals surface area (Å²) < 4.78 is 8.52. The summed E-state index contributed by atoms with van der Waals surface area (Å²) in [4.78, 5) is 0. The molecule has 0 spiro atoms. The van der Waals surface area contributed by atoms with Crippen molar-refractivity contribution in [3.63, 3.8) is 0 Å². The first-order valence-electron chi connectivity index (χ1n) is 6.97. The third kappa shape index (κ3) is 5.17. The first kappa shape index (κ1) is 16.0. The van der Waals surface area contributed by atoms with Gasteiger partial charge >= 0.3 is 0 Å². The Bertz CT molecular complexity index is 602. The lowest BCUT2D eigenvalue weighted by Gasteiger charge is -2.20. The highest BCUT2D eigenvalue weighted by Gasteiger charge is 2.09. The van der Waals surface area contributed by atoms with E-state index in [1.54, 1.807) is 10.9 Å². The predicted molar refractivity (Wildman–Crippen MR) is 88.3 cm³/mol. The molecular formula is C16H22BrN3O. The van der Waals surface area contributed by atoms with Gasteiger partial charge in [-0.05, 0) is 32.4 Å². The van der Waals surface area contributed by atoms with Crippen molar-refractivity contribution < 1.29 is 4.74 Å². The van der Waals surface area contributed by atoms with Gasteiger partial charge in [0, 0.05) is 29.2 Å². The molecule has 2 aromatic rings. The van der Waals surface area contributed by atoms with E-state index in [1.807, 2.05) is 13.2 Å². The molecule has 2 rings (SSSR count). The van der Waals surface area contributed by atoms with Gasteiger partial charge in [-0.25, -0.2) is 0 Å². The first-order chi connectivity index (χ1) is 9.83. The van der Waals surface area contributed by atoms with Gasteiger partial charge in [0.25, 0.3) is 0 Å². The third-order valence-electron chi connectivity index (χ3n) is 3.02. The zero-order chi connectivity index (χ0) is 15.5. The van der Waals surface area contributed by atoms with Gasteiger partial charge in [-0.1, -0.05) is 28.1 Å². The van der Waals surface area contributed by atoms with Crippen LogP contribution in [0.2, 0.25) is 0 Å². The van der Waals surface area contributed by atoms with Crippen molar-refractivity contribution in [3.8, 4) is 5.75 Å². The van der Waals surface area contributed by atoms with E-state index in [9.17, 15) is 0 Å². The van der Waals surface area contributed by atoms with Crippen molar-refractivity contribution in [1.82, 2.24) is 15.1 Å². The van der Waals surface area contributed by atoms with Crippen LogP contribution in [0, 0.1) is 0 Å². The number of aromatic nitrogens is 2. The summed E-state index contributed by atoms with van der Waals surface area (Å²) in [6.45, 7) is 7.87. The number of hydrogen-bond acceptors (Lipinski definition) is 3. The number of nitrogens with one attached hydrogen (secondary N) is 1. The normalized spacial score (nSPS) is 11.7. The minimum atomic E-state index is 0.120. The second-order valence-corrected chi connectivity index (χ2v) is 7.02. The molecule has 21 heavy (non-hydrogen) atoms. The smallest absolute Gasteiger partial charge is 0.157 e. The van der Waals surface area contributed by atoms with Gasteiger partial charge in [-0.2, -0.15) is 5.10 Å². The van der Waals surface area contributed by atoms with Crippen LogP contribution >= 0.6 is 15.9 Å². The van der Waals surface area contributed by atoms with E-state index in [0.29, 0.717) is 6.61 Å². The van der Waals surface area contributed by atoms with Crippen molar-refractivity contribution in [2.45, 2.75) is 39.5 Å². The van der Waals surface area contributed by atoms with Crippen LogP contribution in [0.15, 0.2) is 35.1 Å². The van der Waals surface area contributed by atoms with Crippen LogP contribution in [0.5, 0.6) is 5.75 Å². The van der Waals surface area contributed by atoms with Gasteiger partial charge in [-0.15, -0.1) is 0 Å². The maximum absolute atomic E-state index is 5.72. The lowest BCUT2D eigenvalue weighted by atomic mass is 10.1. The Morgan fingerprint density at radius 1 is 1.33 bits per heavy atom. The van der Waals surface area contributed by atoms with Gasteiger partial charge in [0.1, 0.15) is 6.61 Å². The monoisotopic (exact) mass is 351 g/mol. The summed E-state index contributed by atoms with van der Waals surface area (Å²) in [5, 5.41) is 7.57. The van der Waals surface area contributed by atoms with Crippen LogP contribution in [0.4, 0.5) is 0 Å². The molecule has 1 aromatic carbocycles. The fourth-order valence-electron chi connectivity index (χ4n) is 1.82. The molecular weight excluding hydrogens is 330 g/mol. The Labute approximate surface area is 134 Å². The number of rotatable bonds is 5. The topological polar surface area (TPSA) is 39.1 Å². The molecule has 0 radical (unpaired) electrons. The fraction of sp³-hybridized carbons (Fsp3) is 0.438. The minimum Gasteiger partial charge on any atom is -0.486 e. The van der Waals surface area contributed by atoms with E-state index in [-0.39, 0.29) is 5.54 Å². The number of hydrogen-bond donors (Lipinski definition) is 1. The second kappa shape index (κ2) is 6.62. The summed E-state index contributed by atoms with van der Waals surface area (Å²) >= 11 is 3.62. The zero-order valence-electron chi connectivity index (χ0n) is 13.0. The molecule has 0 aliphatic heterocycles. The van der Waals surface area contributed by atoms with Gasteiger partial charge in [0.05, 0.1) is 12.4 Å². The molecule has 0 aliphatic rings. The maximum Gasteiger partial charge on any atom is 0.157 e. The lowest BCUT2D eigenvalue weighted by molar-refractivity contribution is 0.305. The molecule has 0 bridgehead atoms. The Hall–Kier alpha value is -1.33. The Kier molecular flexibility index (Phi) is 5.06. The lowest BCUT2D eigenvalue weighted by Crippen LogP contribution is -2.35. The highest BCUT2D eigenvalue weighted by molar-refractivity contribution is 9.10. The van der Waals surface area contributed by atoms with Crippen LogP contribution in [-0.4, -0.2) is 15.3 Å². The molecule has 1 N–H and O–H groups in total. The summed E-state index contributed by atoms with van der Waals surface area (Å²) in [5.74, 6) is 0.780. The number of benzene rings is 1. The fourth-order valence-corrected chi connectivity index (χ4v) is 2.36. The highest BCUT2D eigenvalue weighted by Crippen LogP contribution is 2.21. The summed E-state index contributed by atoms with van der Waals surface area (Å²) in [6.07, 6.45) is 3.57. The van der Waals surface area contributed by atoms with Gasteiger partial charge in [0.2, 0.25) is 0 Å². The molecule has 5 heteroatoms. The van der Waals surface area contributed by atoms with E-state index < -0.39 is 0 Å². The van der Waals surface area contributed by atoms with E-state index in [1.165, 1.54) is 5.56 Å². The highest BCUT2D eigenvalue weighted by atomic mass is 79.9. The number of ether oxygens (including phenoxy) is 1. The van der Waals surface area contributed by atoms with Gasteiger partial charge < -0.3 is 10.1 Å². The third-order valence-corrected chi connectivity index (χ3v) is 3.75. The molecule has 1 heterocycles. The number of aryl methyl sites for hydroxylation is 1. The van der Waals surface area contributed by atoms with Crippen LogP contribution in [0.25, 0.3) is 0 Å². The van der Waals surface area contributed by atoms with Gasteiger partial charge in [-0.3, -0.25) is 4.68 Å². The van der Waals surface area contributed by atoms with Crippen molar-refractivity contribution in [3.05, 3.63) is 46.2 Å². The largest absolute Gasteiger partial charge is 0.486 e. The molecule has 0 amide bonds. The summed E-state index contributed by atoms with van der Waals surface area (Å²) in [5.41, 5.74) is 2.49. The minimum absolute atomic E-state index is 0.120. The molecule has 0 fully saturated rings. The van der Waals surface area contributed by atoms with Crippen molar-refractivity contribution in [2.75, 3.05) is 0 Å². The number of nitrogens with zero attached hydrogens (tertiary/aromatic N) is 2. The molecule has 0 saturated carbocycles. The first-order valence-corrected chi connectivity index (χ1v) is 7.76. The van der Waals surface area contributed by atoms with Crippen molar-refractivity contribution >= 4 is 15.9 Å². The molecule has 4 nitrogen and oxygen atoms in total. The predicted octanol–water partition coefficient (Wildman–Crippen LogP) is 3.65. The zero-order valence-corrected chi connectivity index (χ0v) is 14.6. The van der Waals surface area contributed by atoms with Crippen molar-refractivity contribution in [1.29, 1.82) is 0 Å². The average molecular weight is 352 g/mol. The van der Waals surface area contributed by atoms with Crippen molar-refractivity contribution in [2.24, 2.45) is 7.05 Å². The van der Waals surface area contributed by atoms with Crippen LogP contribution < -0.4 is 10.1 Å². The molecule has 0 unspecified atom stereocenters. The summed E-state index contributed by atoms with van der Waals surface area (Å²) in [6, 6.07) is 6.37. The SMILES string of the molecule is Cn1cc(OCc2ccc(CNC(C)(C)C)cc2Br)cn1. The van der Waals surface area contributed by atoms with Crippen LogP contribution in [0.3, 0.4) is 0 Å². The average Bonchev–Trinajstić information content (AvgIpc) is 2.80. The van der Waals surface area contributed by atoms with E-state index in [2.05, 4.69) is 65.3 Å².